The van der Waals surface area contributed by atoms with Crippen LogP contribution in [0.3, 0.4) is 0 Å². The molecule has 1 aromatic heterocycles. The van der Waals surface area contributed by atoms with Crippen molar-refractivity contribution in [2.75, 3.05) is 20.1 Å². The molecular weight excluding hydrogens is 194 g/mol. The summed E-state index contributed by atoms with van der Waals surface area (Å²) >= 11 is 0. The van der Waals surface area contributed by atoms with Crippen molar-refractivity contribution < 1.29 is 9.90 Å². The highest BCUT2D eigenvalue weighted by atomic mass is 16.4. The summed E-state index contributed by atoms with van der Waals surface area (Å²) in [5, 5.41) is 13.2. The van der Waals surface area contributed by atoms with Crippen LogP contribution < -0.4 is 0 Å². The minimum Gasteiger partial charge on any atom is -0.481 e. The average Bonchev–Trinajstić information content (AvgIpc) is 2.71. The molecule has 0 amide bonds. The fraction of sp³-hybridized carbons (Fsp3) is 0.600. The number of hydrogen-bond donors (Lipinski definition) is 1. The van der Waals surface area contributed by atoms with Gasteiger partial charge in [-0.3, -0.25) is 9.48 Å². The lowest BCUT2D eigenvalue weighted by molar-refractivity contribution is -0.141. The number of carboxylic acids is 1. The van der Waals surface area contributed by atoms with Gasteiger partial charge in [-0.1, -0.05) is 0 Å². The number of likely N-dealkylation sites (tertiary alicyclic amines) is 1. The molecule has 82 valence electrons. The van der Waals surface area contributed by atoms with Gasteiger partial charge >= 0.3 is 5.97 Å². The van der Waals surface area contributed by atoms with Gasteiger partial charge in [0.25, 0.3) is 0 Å². The maximum atomic E-state index is 11.1. The SMILES string of the molecule is CN1C[C@@H](C(=O)O)[C@H](c2cnn(C)c2)C1. The molecule has 2 rings (SSSR count). The number of hydrogen-bond acceptors (Lipinski definition) is 3. The Labute approximate surface area is 88.3 Å². The predicted octanol–water partition coefficient (Wildman–Crippen LogP) is 0.150. The zero-order valence-electron chi connectivity index (χ0n) is 8.92. The number of nitrogens with zero attached hydrogens (tertiary/aromatic N) is 3. The second-order valence-electron chi connectivity index (χ2n) is 4.22. The fourth-order valence-electron chi connectivity index (χ4n) is 2.22. The predicted molar refractivity (Wildman–Crippen MR) is 54.6 cm³/mol. The molecule has 1 N–H and O–H groups in total. The molecule has 0 aliphatic carbocycles. The van der Waals surface area contributed by atoms with Gasteiger partial charge in [-0.15, -0.1) is 0 Å². The molecule has 0 spiro atoms. The third-order valence-corrected chi connectivity index (χ3v) is 2.97. The Morgan fingerprint density at radius 2 is 2.27 bits per heavy atom. The fourth-order valence-corrected chi connectivity index (χ4v) is 2.22. The first-order valence-corrected chi connectivity index (χ1v) is 4.98. The highest BCUT2D eigenvalue weighted by molar-refractivity contribution is 5.72. The van der Waals surface area contributed by atoms with E-state index in [4.69, 9.17) is 5.11 Å². The molecule has 1 saturated heterocycles. The Morgan fingerprint density at radius 3 is 2.80 bits per heavy atom. The molecule has 1 aliphatic heterocycles. The van der Waals surface area contributed by atoms with Crippen molar-refractivity contribution in [3.05, 3.63) is 18.0 Å². The summed E-state index contributed by atoms with van der Waals surface area (Å²) in [4.78, 5) is 13.1. The topological polar surface area (TPSA) is 58.4 Å². The van der Waals surface area contributed by atoms with E-state index < -0.39 is 5.97 Å². The van der Waals surface area contributed by atoms with Gasteiger partial charge in [-0.05, 0) is 12.6 Å². The molecule has 1 fully saturated rings. The van der Waals surface area contributed by atoms with E-state index in [1.807, 2.05) is 20.3 Å². The van der Waals surface area contributed by atoms with Crippen LogP contribution in [0.4, 0.5) is 0 Å². The van der Waals surface area contributed by atoms with Gasteiger partial charge in [-0.25, -0.2) is 0 Å². The number of aryl methyl sites for hydroxylation is 1. The summed E-state index contributed by atoms with van der Waals surface area (Å²) in [6.07, 6.45) is 3.67. The molecule has 0 saturated carbocycles. The number of carbonyl (C=O) groups is 1. The van der Waals surface area contributed by atoms with E-state index in [1.165, 1.54) is 0 Å². The molecular formula is C10H15N3O2. The summed E-state index contributed by atoms with van der Waals surface area (Å²) in [5.41, 5.74) is 1.02. The molecule has 2 heterocycles. The van der Waals surface area contributed by atoms with Crippen LogP contribution in [0.15, 0.2) is 12.4 Å². The van der Waals surface area contributed by atoms with Crippen LogP contribution in [-0.2, 0) is 11.8 Å². The number of carboxylic acid groups (broad SMARTS) is 1. The molecule has 15 heavy (non-hydrogen) atoms. The molecule has 1 aromatic rings. The summed E-state index contributed by atoms with van der Waals surface area (Å²) < 4.78 is 1.71. The molecule has 0 aromatic carbocycles. The minimum atomic E-state index is -0.715. The first-order chi connectivity index (χ1) is 7.08. The lowest BCUT2D eigenvalue weighted by Gasteiger charge is -2.11. The zero-order valence-corrected chi connectivity index (χ0v) is 8.92. The maximum absolute atomic E-state index is 11.1. The van der Waals surface area contributed by atoms with E-state index in [-0.39, 0.29) is 11.8 Å². The summed E-state index contributed by atoms with van der Waals surface area (Å²) in [6, 6.07) is 0. The van der Waals surface area contributed by atoms with Crippen LogP contribution in [-0.4, -0.2) is 45.9 Å². The summed E-state index contributed by atoms with van der Waals surface area (Å²) in [6.45, 7) is 1.41. The van der Waals surface area contributed by atoms with Gasteiger partial charge < -0.3 is 10.0 Å². The van der Waals surface area contributed by atoms with Crippen molar-refractivity contribution in [3.8, 4) is 0 Å². The first kappa shape index (κ1) is 10.2. The van der Waals surface area contributed by atoms with Crippen molar-refractivity contribution in [1.82, 2.24) is 14.7 Å². The van der Waals surface area contributed by atoms with Crippen LogP contribution in [0.1, 0.15) is 11.5 Å². The van der Waals surface area contributed by atoms with E-state index >= 15 is 0 Å². The van der Waals surface area contributed by atoms with Crippen molar-refractivity contribution in [3.63, 3.8) is 0 Å². The lowest BCUT2D eigenvalue weighted by Crippen LogP contribution is -2.21. The highest BCUT2D eigenvalue weighted by Crippen LogP contribution is 2.31. The standard InChI is InChI=1S/C10H15N3O2/c1-12-5-8(9(6-12)10(14)15)7-3-11-13(2)4-7/h3-4,8-9H,5-6H2,1-2H3,(H,14,15)/t8-,9+/m0/s1. The molecule has 2 atom stereocenters. The Bertz CT molecular complexity index is 374. The van der Waals surface area contributed by atoms with E-state index in [0.29, 0.717) is 6.54 Å². The quantitative estimate of drug-likeness (QED) is 0.753. The smallest absolute Gasteiger partial charge is 0.308 e. The average molecular weight is 209 g/mol. The Balaban J connectivity index is 2.24. The van der Waals surface area contributed by atoms with Gasteiger partial charge in [0.05, 0.1) is 12.1 Å². The van der Waals surface area contributed by atoms with E-state index in [1.54, 1.807) is 10.9 Å². The molecule has 0 bridgehead atoms. The molecule has 0 radical (unpaired) electrons. The summed E-state index contributed by atoms with van der Waals surface area (Å²) in [7, 11) is 3.80. The number of likely N-dealkylation sites (N-methyl/N-ethyl adjacent to an activating group) is 1. The second kappa shape index (κ2) is 3.66. The molecule has 5 nitrogen and oxygen atoms in total. The van der Waals surface area contributed by atoms with Gasteiger partial charge in [0.2, 0.25) is 0 Å². The van der Waals surface area contributed by atoms with Crippen LogP contribution in [0, 0.1) is 5.92 Å². The van der Waals surface area contributed by atoms with Crippen LogP contribution in [0.5, 0.6) is 0 Å². The van der Waals surface area contributed by atoms with E-state index in [9.17, 15) is 4.79 Å². The van der Waals surface area contributed by atoms with E-state index in [0.717, 1.165) is 12.1 Å². The van der Waals surface area contributed by atoms with Gasteiger partial charge in [0, 0.05) is 32.3 Å². The molecule has 5 heteroatoms. The molecule has 0 unspecified atom stereocenters. The van der Waals surface area contributed by atoms with Crippen LogP contribution >= 0.6 is 0 Å². The molecule has 1 aliphatic rings. The van der Waals surface area contributed by atoms with Crippen molar-refractivity contribution in [2.45, 2.75) is 5.92 Å². The van der Waals surface area contributed by atoms with Gasteiger partial charge in [-0.2, -0.15) is 5.10 Å². The monoisotopic (exact) mass is 209 g/mol. The number of aromatic nitrogens is 2. The summed E-state index contributed by atoms with van der Waals surface area (Å²) in [5.74, 6) is -0.950. The van der Waals surface area contributed by atoms with Gasteiger partial charge in [0.1, 0.15) is 0 Å². The number of rotatable bonds is 2. The number of aliphatic carboxylic acids is 1. The Hall–Kier alpha value is -1.36. The largest absolute Gasteiger partial charge is 0.481 e. The van der Waals surface area contributed by atoms with Crippen LogP contribution in [0.2, 0.25) is 0 Å². The third-order valence-electron chi connectivity index (χ3n) is 2.97. The van der Waals surface area contributed by atoms with Crippen molar-refractivity contribution >= 4 is 5.97 Å². The van der Waals surface area contributed by atoms with Gasteiger partial charge in [0.15, 0.2) is 0 Å². The van der Waals surface area contributed by atoms with Crippen molar-refractivity contribution in [2.24, 2.45) is 13.0 Å². The van der Waals surface area contributed by atoms with Crippen molar-refractivity contribution in [1.29, 1.82) is 0 Å². The highest BCUT2D eigenvalue weighted by Gasteiger charge is 2.37. The van der Waals surface area contributed by atoms with Crippen LogP contribution in [0.25, 0.3) is 0 Å². The third kappa shape index (κ3) is 1.87. The Kier molecular flexibility index (Phi) is 2.48. The second-order valence-corrected chi connectivity index (χ2v) is 4.22. The first-order valence-electron chi connectivity index (χ1n) is 4.98. The zero-order chi connectivity index (χ0) is 11.0. The lowest BCUT2D eigenvalue weighted by atomic mass is 9.91. The maximum Gasteiger partial charge on any atom is 0.308 e. The Morgan fingerprint density at radius 1 is 1.53 bits per heavy atom. The minimum absolute atomic E-state index is 0.0706. The normalized spacial score (nSPS) is 27.1. The van der Waals surface area contributed by atoms with E-state index in [2.05, 4.69) is 10.00 Å².